The molecule has 7 nitrogen and oxygen atoms in total. The maximum atomic E-state index is 10.2. The highest BCUT2D eigenvalue weighted by Crippen LogP contribution is 2.23. The molecule has 3 aromatic rings. The topological polar surface area (TPSA) is 108 Å². The number of nitrogens with zero attached hydrogens (tertiary/aromatic N) is 2. The third-order valence-corrected chi connectivity index (χ3v) is 4.53. The Morgan fingerprint density at radius 2 is 1.84 bits per heavy atom. The first-order valence-corrected chi connectivity index (χ1v) is 10.00. The van der Waals surface area contributed by atoms with Gasteiger partial charge in [-0.1, -0.05) is 30.3 Å². The maximum Gasteiger partial charge on any atom is 0.237 e. The van der Waals surface area contributed by atoms with Gasteiger partial charge in [-0.25, -0.2) is 4.98 Å². The van der Waals surface area contributed by atoms with Gasteiger partial charge in [-0.2, -0.15) is 5.26 Å². The summed E-state index contributed by atoms with van der Waals surface area (Å²) in [6.07, 6.45) is 1.39. The fourth-order valence-corrected chi connectivity index (χ4v) is 2.96. The van der Waals surface area contributed by atoms with E-state index < -0.39 is 6.10 Å². The quantitative estimate of drug-likeness (QED) is 0.439. The second kappa shape index (κ2) is 11.7. The molecule has 31 heavy (non-hydrogen) atoms. The van der Waals surface area contributed by atoms with E-state index in [2.05, 4.69) is 16.4 Å². The zero-order chi connectivity index (χ0) is 21.9. The van der Waals surface area contributed by atoms with Crippen molar-refractivity contribution < 1.29 is 19.7 Å². The van der Waals surface area contributed by atoms with Crippen LogP contribution in [-0.4, -0.2) is 47.1 Å². The summed E-state index contributed by atoms with van der Waals surface area (Å²) in [7, 11) is 0. The van der Waals surface area contributed by atoms with Crippen LogP contribution in [0.4, 0.5) is 0 Å². The van der Waals surface area contributed by atoms with Crippen LogP contribution in [0.25, 0.3) is 0 Å². The number of hydrogen-bond acceptors (Lipinski definition) is 7. The van der Waals surface area contributed by atoms with E-state index in [4.69, 9.17) is 9.47 Å². The molecule has 1 aromatic heterocycles. The first kappa shape index (κ1) is 22.2. The first-order valence-electron chi connectivity index (χ1n) is 10.00. The molecule has 0 fully saturated rings. The van der Waals surface area contributed by atoms with Crippen LogP contribution in [0, 0.1) is 11.3 Å². The van der Waals surface area contributed by atoms with Gasteiger partial charge < -0.3 is 25.0 Å². The van der Waals surface area contributed by atoms with Gasteiger partial charge in [-0.15, -0.1) is 0 Å². The zero-order valence-electron chi connectivity index (χ0n) is 17.0. The van der Waals surface area contributed by atoms with Crippen LogP contribution in [-0.2, 0) is 6.42 Å². The van der Waals surface area contributed by atoms with Gasteiger partial charge in [0.25, 0.3) is 0 Å². The van der Waals surface area contributed by atoms with E-state index in [-0.39, 0.29) is 31.7 Å². The minimum absolute atomic E-state index is 0.0871. The smallest absolute Gasteiger partial charge is 0.237 e. The van der Waals surface area contributed by atoms with Crippen molar-refractivity contribution in [2.45, 2.75) is 18.6 Å². The van der Waals surface area contributed by atoms with Crippen LogP contribution >= 0.6 is 0 Å². The second-order valence-electron chi connectivity index (χ2n) is 6.99. The van der Waals surface area contributed by atoms with Crippen LogP contribution in [0.3, 0.4) is 0 Å². The normalized spacial score (nSPS) is 12.5. The fourth-order valence-electron chi connectivity index (χ4n) is 2.96. The Kier molecular flexibility index (Phi) is 8.38. The SMILES string of the molecule is N#Cc1cccnc1Oc1cccc(C[C@@H](CO)NC[C@@H](O)COc2ccccc2)c1. The predicted molar refractivity (Wildman–Crippen MR) is 116 cm³/mol. The molecule has 2 aromatic carbocycles. The number of nitriles is 1. The minimum Gasteiger partial charge on any atom is -0.491 e. The van der Waals surface area contributed by atoms with Gasteiger partial charge in [0.2, 0.25) is 5.88 Å². The highest BCUT2D eigenvalue weighted by Gasteiger charge is 2.13. The third kappa shape index (κ3) is 7.08. The van der Waals surface area contributed by atoms with Crippen molar-refractivity contribution in [1.29, 1.82) is 5.26 Å². The molecule has 0 saturated carbocycles. The Labute approximate surface area is 181 Å². The molecule has 0 amide bonds. The fraction of sp³-hybridized carbons (Fsp3) is 0.250. The lowest BCUT2D eigenvalue weighted by atomic mass is 10.1. The van der Waals surface area contributed by atoms with E-state index >= 15 is 0 Å². The molecule has 0 spiro atoms. The van der Waals surface area contributed by atoms with Gasteiger partial charge in [-0.05, 0) is 48.4 Å². The largest absolute Gasteiger partial charge is 0.491 e. The summed E-state index contributed by atoms with van der Waals surface area (Å²) in [6.45, 7) is 0.355. The highest BCUT2D eigenvalue weighted by molar-refractivity contribution is 5.40. The zero-order valence-corrected chi connectivity index (χ0v) is 17.0. The molecule has 0 aliphatic rings. The molecule has 0 unspecified atom stereocenters. The van der Waals surface area contributed by atoms with E-state index in [9.17, 15) is 15.5 Å². The van der Waals surface area contributed by atoms with Gasteiger partial charge in [-0.3, -0.25) is 0 Å². The van der Waals surface area contributed by atoms with E-state index in [1.165, 1.54) is 0 Å². The van der Waals surface area contributed by atoms with E-state index in [1.54, 1.807) is 24.4 Å². The number of para-hydroxylation sites is 1. The molecule has 0 saturated heterocycles. The lowest BCUT2D eigenvalue weighted by molar-refractivity contribution is 0.0997. The molecule has 3 rings (SSSR count). The Morgan fingerprint density at radius 1 is 1.03 bits per heavy atom. The van der Waals surface area contributed by atoms with E-state index in [1.807, 2.05) is 48.5 Å². The number of pyridine rings is 1. The van der Waals surface area contributed by atoms with Crippen molar-refractivity contribution >= 4 is 0 Å². The number of ether oxygens (including phenoxy) is 2. The van der Waals surface area contributed by atoms with Crippen molar-refractivity contribution in [2.24, 2.45) is 0 Å². The Morgan fingerprint density at radius 3 is 2.61 bits per heavy atom. The van der Waals surface area contributed by atoms with Crippen LogP contribution in [0.1, 0.15) is 11.1 Å². The molecule has 7 heteroatoms. The van der Waals surface area contributed by atoms with Crippen molar-refractivity contribution in [2.75, 3.05) is 19.8 Å². The number of aliphatic hydroxyl groups excluding tert-OH is 2. The van der Waals surface area contributed by atoms with Crippen molar-refractivity contribution in [1.82, 2.24) is 10.3 Å². The van der Waals surface area contributed by atoms with E-state index in [0.29, 0.717) is 23.5 Å². The Bertz CT molecular complexity index is 991. The maximum absolute atomic E-state index is 10.2. The van der Waals surface area contributed by atoms with Crippen molar-refractivity contribution in [3.8, 4) is 23.4 Å². The molecular formula is C24H25N3O4. The molecule has 0 bridgehead atoms. The number of rotatable bonds is 11. The lowest BCUT2D eigenvalue weighted by Gasteiger charge is -2.19. The van der Waals surface area contributed by atoms with E-state index in [0.717, 1.165) is 5.56 Å². The summed E-state index contributed by atoms with van der Waals surface area (Å²) in [5.74, 6) is 1.51. The van der Waals surface area contributed by atoms with Crippen LogP contribution < -0.4 is 14.8 Å². The monoisotopic (exact) mass is 419 g/mol. The van der Waals surface area contributed by atoms with Gasteiger partial charge in [0.05, 0.1) is 6.61 Å². The molecule has 1 heterocycles. The molecule has 2 atom stereocenters. The number of benzene rings is 2. The van der Waals surface area contributed by atoms with Crippen LogP contribution in [0.15, 0.2) is 72.9 Å². The average Bonchev–Trinajstić information content (AvgIpc) is 2.81. The molecular weight excluding hydrogens is 394 g/mol. The highest BCUT2D eigenvalue weighted by atomic mass is 16.5. The lowest BCUT2D eigenvalue weighted by Crippen LogP contribution is -2.41. The minimum atomic E-state index is -0.711. The third-order valence-electron chi connectivity index (χ3n) is 4.53. The Hall–Kier alpha value is -3.44. The number of hydrogen-bond donors (Lipinski definition) is 3. The predicted octanol–water partition coefficient (Wildman–Crippen LogP) is 2.68. The van der Waals surface area contributed by atoms with Gasteiger partial charge in [0.15, 0.2) is 0 Å². The average molecular weight is 419 g/mol. The summed E-state index contributed by atoms with van der Waals surface area (Å²) in [4.78, 5) is 4.10. The summed E-state index contributed by atoms with van der Waals surface area (Å²) in [6, 6.07) is 21.8. The number of aliphatic hydroxyl groups is 2. The second-order valence-corrected chi connectivity index (χ2v) is 6.99. The van der Waals surface area contributed by atoms with Gasteiger partial charge in [0.1, 0.15) is 35.8 Å². The van der Waals surface area contributed by atoms with Crippen molar-refractivity contribution in [3.05, 3.63) is 84.1 Å². The molecule has 0 aliphatic heterocycles. The number of aromatic nitrogens is 1. The molecule has 0 radical (unpaired) electrons. The first-order chi connectivity index (χ1) is 15.2. The summed E-state index contributed by atoms with van der Waals surface area (Å²) in [5.41, 5.74) is 1.29. The summed E-state index contributed by atoms with van der Waals surface area (Å²) < 4.78 is 11.3. The van der Waals surface area contributed by atoms with Gasteiger partial charge >= 0.3 is 0 Å². The van der Waals surface area contributed by atoms with Crippen molar-refractivity contribution in [3.63, 3.8) is 0 Å². The molecule has 3 N–H and O–H groups in total. The van der Waals surface area contributed by atoms with Gasteiger partial charge in [0, 0.05) is 18.8 Å². The summed E-state index contributed by atoms with van der Waals surface area (Å²) >= 11 is 0. The van der Waals surface area contributed by atoms with Crippen LogP contribution in [0.2, 0.25) is 0 Å². The number of nitrogens with one attached hydrogen (secondary N) is 1. The van der Waals surface area contributed by atoms with Crippen LogP contribution in [0.5, 0.6) is 17.4 Å². The Balaban J connectivity index is 1.52. The molecule has 0 aliphatic carbocycles. The summed E-state index contributed by atoms with van der Waals surface area (Å²) in [5, 5.41) is 32.2. The molecule has 160 valence electrons. The standard InChI is InChI=1S/C24H25N3O4/c25-14-19-7-5-11-26-24(19)31-23-10-4-6-18(13-23)12-20(16-28)27-15-21(29)17-30-22-8-2-1-3-9-22/h1-11,13,20-21,27-29H,12,15-17H2/t20-,21+/m0/s1.